The summed E-state index contributed by atoms with van der Waals surface area (Å²) in [4.78, 5) is 9.79. The zero-order valence-electron chi connectivity index (χ0n) is 69.1. The molecule has 3 aromatic heterocycles. The topological polar surface area (TPSA) is 38.5 Å². The predicted octanol–water partition coefficient (Wildman–Crippen LogP) is 28.5. The maximum absolute atomic E-state index is 6.92. The van der Waals surface area contributed by atoms with Gasteiger partial charge in [0.05, 0.1) is 22.1 Å². The van der Waals surface area contributed by atoms with Gasteiger partial charge in [-0.15, -0.1) is 0 Å². The molecule has 0 aliphatic heterocycles. The van der Waals surface area contributed by atoms with Crippen LogP contribution in [0.5, 0.6) is 11.5 Å². The third-order valence-electron chi connectivity index (χ3n) is 22.2. The lowest BCUT2D eigenvalue weighted by atomic mass is 10.1. The van der Waals surface area contributed by atoms with E-state index in [1.165, 1.54) is 109 Å². The van der Waals surface area contributed by atoms with E-state index in [1.54, 1.807) is 0 Å². The van der Waals surface area contributed by atoms with Gasteiger partial charge in [-0.05, 0) is 208 Å². The van der Waals surface area contributed by atoms with Crippen molar-refractivity contribution in [3.05, 3.63) is 499 Å². The van der Waals surface area contributed by atoms with Crippen LogP contribution in [0.3, 0.4) is 0 Å². The Bertz CT molecular complexity index is 6320. The Hall–Kier alpha value is -14.8. The lowest BCUT2D eigenvalue weighted by Gasteiger charge is -2.25. The Morgan fingerprint density at radius 2 is 0.439 bits per heavy atom. The summed E-state index contributed by atoms with van der Waals surface area (Å²) < 4.78 is 11.5. The number of fused-ring (bicyclic) bond motifs is 6. The van der Waals surface area contributed by atoms with Gasteiger partial charge in [-0.25, -0.2) is 4.98 Å². The van der Waals surface area contributed by atoms with E-state index in [1.807, 2.05) is 0 Å². The maximum atomic E-state index is 6.92. The lowest BCUT2D eigenvalue weighted by molar-refractivity contribution is 0.490. The highest BCUT2D eigenvalue weighted by Crippen LogP contribution is 2.43. The predicted molar refractivity (Wildman–Crippen MR) is 529 cm³/mol. The van der Waals surface area contributed by atoms with Crippen LogP contribution in [0.15, 0.2) is 455 Å². The Balaban J connectivity index is 0.000000130. The van der Waals surface area contributed by atoms with Gasteiger partial charge in [0.2, 0.25) is 0 Å². The van der Waals surface area contributed by atoms with Gasteiger partial charge >= 0.3 is 0 Å². The molecule has 0 saturated heterocycles. The molecule has 20 rings (SSSR count). The summed E-state index contributed by atoms with van der Waals surface area (Å²) in [6, 6.07) is 162. The standard InChI is InChI=1S/C50H44N2.C36H28OP2.C29H19N3/c1-37-5-25-45(26-6-37)51(46-27-7-38(2)8-28-46)49-33-21-43(22-34-49)19-17-41-13-15-42(16-14-41)18-20-44-23-35-50(36-24-44)52(47-29-9-39(3)10-30-47)48-31-11-40(4)12-32-48;1-5-17-29(18-6-1)38(30-19-7-2-8-20-30)35-27-15-13-25-33(35)37-34-26-14-16-28-36(34)39(31-21-9-3-10-22-31)32-23-11-4-12-24-32;1-5-14-24-20(10-1)21-11-2-6-15-25(21)31(24)28-18-9-19-29(30-28)32-26-16-7-3-12-22(26)23-13-4-8-17-27(23)32/h5-36H,1-4H3;1-28H;1-19H. The van der Waals surface area contributed by atoms with Crippen LogP contribution >= 0.6 is 15.8 Å². The molecule has 0 atom stereocenters. The first kappa shape index (κ1) is 79.4. The molecule has 0 bridgehead atoms. The van der Waals surface area contributed by atoms with Crippen molar-refractivity contribution in [3.8, 4) is 23.1 Å². The smallest absolute Gasteiger partial charge is 0.140 e. The van der Waals surface area contributed by atoms with Crippen molar-refractivity contribution in [1.82, 2.24) is 14.1 Å². The summed E-state index contributed by atoms with van der Waals surface area (Å²) in [5.74, 6) is 3.64. The molecule has 0 unspecified atom stereocenters. The van der Waals surface area contributed by atoms with Crippen molar-refractivity contribution in [3.63, 3.8) is 0 Å². The van der Waals surface area contributed by atoms with Gasteiger partial charge < -0.3 is 14.5 Å². The SMILES string of the molecule is Cc1ccc(N(c2ccc(C)cc2)c2ccc(C=Cc3ccc(C=Cc4ccc(N(c5ccc(C)cc5)c5ccc(C)cc5)cc4)cc3)cc2)cc1.c1cc(-n2c3ccccc3c3ccccc32)nc(-n2c3ccccc3c3ccccc32)c1.c1ccc(P(c2ccccc2)c2ccccc2Oc2ccccc2P(c2ccccc2)c2ccccc2)cc1. The first-order valence-corrected chi connectivity index (χ1v) is 44.5. The molecule has 6 nitrogen and oxygen atoms in total. The van der Waals surface area contributed by atoms with Crippen LogP contribution in [0.25, 0.3) is 79.6 Å². The van der Waals surface area contributed by atoms with Crippen LogP contribution in [0.1, 0.15) is 44.5 Å². The van der Waals surface area contributed by atoms with Gasteiger partial charge in [0.25, 0.3) is 0 Å². The summed E-state index contributed by atoms with van der Waals surface area (Å²) >= 11 is 0. The van der Waals surface area contributed by atoms with Crippen molar-refractivity contribution in [2.24, 2.45) is 0 Å². The molecule has 0 amide bonds. The normalized spacial score (nSPS) is 11.3. The fourth-order valence-electron chi connectivity index (χ4n) is 16.0. The second kappa shape index (κ2) is 37.3. The average molecular weight is 1620 g/mol. The van der Waals surface area contributed by atoms with Crippen molar-refractivity contribution in [2.75, 3.05) is 9.80 Å². The summed E-state index contributed by atoms with van der Waals surface area (Å²) in [5, 5.41) is 12.6. The second-order valence-corrected chi connectivity index (χ2v) is 35.0. The van der Waals surface area contributed by atoms with E-state index in [4.69, 9.17) is 9.72 Å². The molecule has 592 valence electrons. The molecule has 0 spiro atoms. The molecule has 8 heteroatoms. The largest absolute Gasteiger partial charge is 0.456 e. The van der Waals surface area contributed by atoms with E-state index in [-0.39, 0.29) is 0 Å². The molecule has 0 aliphatic carbocycles. The van der Waals surface area contributed by atoms with E-state index in [0.717, 1.165) is 68.4 Å². The Morgan fingerprint density at radius 3 is 0.707 bits per heavy atom. The first-order valence-electron chi connectivity index (χ1n) is 41.8. The van der Waals surface area contributed by atoms with Crippen molar-refractivity contribution in [2.45, 2.75) is 27.7 Å². The minimum absolute atomic E-state index is 0.795. The summed E-state index contributed by atoms with van der Waals surface area (Å²) in [7, 11) is -1.59. The third-order valence-corrected chi connectivity index (χ3v) is 27.1. The number of nitrogens with zero attached hydrogens (tertiary/aromatic N) is 5. The number of aromatic nitrogens is 3. The summed E-state index contributed by atoms with van der Waals surface area (Å²) in [6.07, 6.45) is 8.70. The average Bonchev–Trinajstić information content (AvgIpc) is 1.59. The van der Waals surface area contributed by atoms with E-state index in [2.05, 4.69) is 526 Å². The zero-order valence-corrected chi connectivity index (χ0v) is 70.9. The van der Waals surface area contributed by atoms with Gasteiger partial charge in [-0.1, -0.05) is 380 Å². The van der Waals surface area contributed by atoms with Gasteiger partial charge in [0.1, 0.15) is 23.1 Å². The minimum atomic E-state index is -0.795. The van der Waals surface area contributed by atoms with Crippen LogP contribution in [0.2, 0.25) is 0 Å². The maximum Gasteiger partial charge on any atom is 0.140 e. The fraction of sp³-hybridized carbons (Fsp3) is 0.0348. The highest BCUT2D eigenvalue weighted by atomic mass is 31.1. The monoisotopic (exact) mass is 1620 g/mol. The van der Waals surface area contributed by atoms with Crippen LogP contribution in [0.4, 0.5) is 34.1 Å². The molecule has 0 radical (unpaired) electrons. The quantitative estimate of drug-likeness (QED) is 0.0563. The number of para-hydroxylation sites is 6. The minimum Gasteiger partial charge on any atom is -0.456 e. The van der Waals surface area contributed by atoms with E-state index in [9.17, 15) is 0 Å². The van der Waals surface area contributed by atoms with Gasteiger partial charge in [0.15, 0.2) is 0 Å². The van der Waals surface area contributed by atoms with Gasteiger partial charge in [0, 0.05) is 66.3 Å². The highest BCUT2D eigenvalue weighted by molar-refractivity contribution is 7.80. The Kier molecular flexibility index (Phi) is 24.0. The Morgan fingerprint density at radius 1 is 0.220 bits per heavy atom. The number of aryl methyl sites for hydroxylation is 4. The van der Waals surface area contributed by atoms with E-state index in [0.29, 0.717) is 0 Å². The molecule has 0 aliphatic rings. The van der Waals surface area contributed by atoms with Crippen molar-refractivity contribution in [1.29, 1.82) is 0 Å². The third kappa shape index (κ3) is 17.9. The van der Waals surface area contributed by atoms with E-state index < -0.39 is 15.8 Å². The van der Waals surface area contributed by atoms with Gasteiger partial charge in [-0.3, -0.25) is 9.13 Å². The number of hydrogen-bond acceptors (Lipinski definition) is 4. The van der Waals surface area contributed by atoms with Crippen LogP contribution in [-0.4, -0.2) is 14.1 Å². The van der Waals surface area contributed by atoms with Crippen molar-refractivity contribution < 1.29 is 4.74 Å². The Labute approximate surface area is 723 Å². The van der Waals surface area contributed by atoms with Crippen LogP contribution < -0.4 is 46.4 Å². The van der Waals surface area contributed by atoms with Crippen LogP contribution in [0, 0.1) is 27.7 Å². The first-order chi connectivity index (χ1) is 60.7. The molecule has 0 fully saturated rings. The number of pyridine rings is 1. The summed E-state index contributed by atoms with van der Waals surface area (Å²) in [5.41, 5.74) is 21.2. The second-order valence-electron chi connectivity index (χ2n) is 30.7. The fourth-order valence-corrected chi connectivity index (χ4v) is 20.7. The number of anilines is 6. The lowest BCUT2D eigenvalue weighted by Crippen LogP contribution is -2.23. The van der Waals surface area contributed by atoms with Crippen molar-refractivity contribution >= 4 is 150 Å². The van der Waals surface area contributed by atoms with E-state index >= 15 is 0 Å². The zero-order chi connectivity index (χ0) is 83.2. The molecule has 17 aromatic carbocycles. The summed E-state index contributed by atoms with van der Waals surface area (Å²) in [6.45, 7) is 8.50. The number of benzene rings is 17. The molecule has 0 N–H and O–H groups in total. The molecule has 20 aromatic rings. The van der Waals surface area contributed by atoms with Gasteiger partial charge in [-0.2, -0.15) is 0 Å². The molecular weight excluding hydrogens is 1530 g/mol. The molecule has 123 heavy (non-hydrogen) atoms. The molecule has 3 heterocycles. The molecular formula is C115H91N5OP2. The number of rotatable bonds is 20. The van der Waals surface area contributed by atoms with Crippen LogP contribution in [-0.2, 0) is 0 Å². The number of ether oxygens (including phenoxy) is 1. The molecule has 0 saturated carbocycles. The number of hydrogen-bond donors (Lipinski definition) is 0. The highest BCUT2D eigenvalue weighted by Gasteiger charge is 2.26.